The summed E-state index contributed by atoms with van der Waals surface area (Å²) in [5, 5.41) is 10.6. The fourth-order valence-corrected chi connectivity index (χ4v) is 12.0. The quantitative estimate of drug-likeness (QED) is 0.0128. The van der Waals surface area contributed by atoms with Crippen molar-refractivity contribution in [2.45, 2.75) is 354 Å². The molecule has 5 atom stereocenters. The average Bonchev–Trinajstić information content (AvgIpc) is 1.22. The maximum atomic E-state index is 13.1. The fraction of sp³-hybridized carbons (Fsp3) is 0.753. The van der Waals surface area contributed by atoms with Crippen LogP contribution < -0.4 is 0 Å². The summed E-state index contributed by atoms with van der Waals surface area (Å²) in [6.45, 7) is 4.74. The van der Waals surface area contributed by atoms with Gasteiger partial charge in [-0.2, -0.15) is 0 Å². The first-order valence-corrected chi connectivity index (χ1v) is 42.5. The summed E-state index contributed by atoms with van der Waals surface area (Å²) in [7, 11) is -9.97. The molecular formula is C81H142O17P2. The van der Waals surface area contributed by atoms with E-state index >= 15 is 0 Å². The monoisotopic (exact) mass is 1450 g/mol. The van der Waals surface area contributed by atoms with Crippen LogP contribution in [0.4, 0.5) is 0 Å². The highest BCUT2D eigenvalue weighted by molar-refractivity contribution is 7.47. The standard InChI is InChI=1S/C81H142O17P2/c1-5-9-13-17-21-25-29-33-36-37-40-44-48-52-56-60-64-68-81(86)98-77(72-92-79(84)66-62-58-54-50-46-42-38-34-30-26-22-18-14-10-6-2)74-96-100(89,90)94-70-75(82)69-93-99(87,88)95-73-76(71-91-78(83)65-61-57-53-49-45-41-32-28-24-20-16-12-8-4)97-80(85)67-63-59-55-51-47-43-39-35-31-27-23-19-15-11-7-3/h21-22,25-27,31,33-36,38-40,44,52,56,75-77,82H,5-20,23-24,28-30,32,37,41-43,45-51,53-55,57-74H2,1-4H3,(H,87,88)(H,89,90)/b25-21-,26-22-,31-27-,36-33-,38-34-,39-35-,44-40-,56-52-/t75-,76+,77+/m0/s1. The van der Waals surface area contributed by atoms with Crippen molar-refractivity contribution in [3.05, 3.63) is 97.2 Å². The summed E-state index contributed by atoms with van der Waals surface area (Å²) < 4.78 is 68.5. The van der Waals surface area contributed by atoms with E-state index in [9.17, 15) is 43.2 Å². The van der Waals surface area contributed by atoms with Crippen LogP contribution in [0.2, 0.25) is 0 Å². The Balaban J connectivity index is 5.42. The molecule has 0 bridgehead atoms. The van der Waals surface area contributed by atoms with Gasteiger partial charge in [0.25, 0.3) is 0 Å². The molecular weight excluding hydrogens is 1310 g/mol. The molecule has 0 aliphatic heterocycles. The van der Waals surface area contributed by atoms with E-state index in [-0.39, 0.29) is 25.7 Å². The Morgan fingerprint density at radius 3 is 0.880 bits per heavy atom. The van der Waals surface area contributed by atoms with Crippen LogP contribution in [0.25, 0.3) is 0 Å². The number of allylic oxidation sites excluding steroid dienone is 16. The van der Waals surface area contributed by atoms with Crippen LogP contribution in [0.1, 0.15) is 336 Å². The molecule has 19 heteroatoms. The van der Waals surface area contributed by atoms with E-state index in [0.29, 0.717) is 32.1 Å². The smallest absolute Gasteiger partial charge is 0.462 e. The van der Waals surface area contributed by atoms with Gasteiger partial charge in [0, 0.05) is 25.7 Å². The van der Waals surface area contributed by atoms with Crippen LogP contribution in [0.5, 0.6) is 0 Å². The molecule has 578 valence electrons. The van der Waals surface area contributed by atoms with Crippen LogP contribution in [0, 0.1) is 0 Å². The number of aliphatic hydroxyl groups is 1. The zero-order chi connectivity index (χ0) is 73.2. The number of aliphatic hydroxyl groups excluding tert-OH is 1. The Hall–Kier alpha value is -4.02. The zero-order valence-electron chi connectivity index (χ0n) is 63.1. The Morgan fingerprint density at radius 1 is 0.290 bits per heavy atom. The number of carbonyl (C=O) groups is 4. The number of ether oxygens (including phenoxy) is 4. The minimum absolute atomic E-state index is 0.0159. The average molecular weight is 1450 g/mol. The molecule has 0 amide bonds. The van der Waals surface area contributed by atoms with E-state index in [1.54, 1.807) is 0 Å². The molecule has 0 aromatic heterocycles. The van der Waals surface area contributed by atoms with Gasteiger partial charge in [-0.3, -0.25) is 37.3 Å². The summed E-state index contributed by atoms with van der Waals surface area (Å²) in [5.74, 6) is -2.26. The van der Waals surface area contributed by atoms with Gasteiger partial charge in [0.05, 0.1) is 26.4 Å². The van der Waals surface area contributed by atoms with E-state index < -0.39 is 97.5 Å². The molecule has 0 aromatic carbocycles. The third-order valence-corrected chi connectivity index (χ3v) is 18.4. The number of hydrogen-bond acceptors (Lipinski definition) is 15. The molecule has 0 aliphatic carbocycles. The highest BCUT2D eigenvalue weighted by atomic mass is 31.2. The van der Waals surface area contributed by atoms with Crippen molar-refractivity contribution >= 4 is 39.5 Å². The topological polar surface area (TPSA) is 237 Å². The number of hydrogen-bond donors (Lipinski definition) is 3. The number of rotatable bonds is 74. The second-order valence-corrected chi connectivity index (χ2v) is 29.2. The van der Waals surface area contributed by atoms with E-state index in [1.165, 1.54) is 122 Å². The van der Waals surface area contributed by atoms with Gasteiger partial charge >= 0.3 is 39.5 Å². The molecule has 0 saturated heterocycles. The molecule has 0 radical (unpaired) electrons. The second-order valence-electron chi connectivity index (χ2n) is 26.3. The molecule has 100 heavy (non-hydrogen) atoms. The molecule has 0 aliphatic rings. The van der Waals surface area contributed by atoms with E-state index in [4.69, 9.17) is 37.0 Å². The normalized spacial score (nSPS) is 14.4. The van der Waals surface area contributed by atoms with Crippen molar-refractivity contribution in [1.82, 2.24) is 0 Å². The van der Waals surface area contributed by atoms with Crippen molar-refractivity contribution in [3.63, 3.8) is 0 Å². The third kappa shape index (κ3) is 72.3. The van der Waals surface area contributed by atoms with Crippen LogP contribution in [0.3, 0.4) is 0 Å². The molecule has 17 nitrogen and oxygen atoms in total. The van der Waals surface area contributed by atoms with Gasteiger partial charge < -0.3 is 33.8 Å². The van der Waals surface area contributed by atoms with Crippen LogP contribution in [0.15, 0.2) is 97.2 Å². The first kappa shape index (κ1) is 96.0. The second kappa shape index (κ2) is 73.3. The molecule has 0 rings (SSSR count). The minimum atomic E-state index is -4.99. The van der Waals surface area contributed by atoms with E-state index in [1.807, 2.05) is 12.2 Å². The lowest BCUT2D eigenvalue weighted by molar-refractivity contribution is -0.161. The van der Waals surface area contributed by atoms with E-state index in [0.717, 1.165) is 128 Å². The SMILES string of the molecule is CCCCC/C=C\C/C=C\C/C=C\C/C=C\CCCC(=O)O[C@H](COC(=O)CCCCCCC/C=C\C/C=C\CCCCC)COP(=O)(O)OC[C@@H](O)COP(=O)(O)OC[C@@H](COC(=O)CCCCCCCCCCCCCCC)OC(=O)CCCCCCC/C=C\C=C/CCCCCC. The highest BCUT2D eigenvalue weighted by Gasteiger charge is 2.30. The maximum Gasteiger partial charge on any atom is 0.472 e. The molecule has 0 saturated carbocycles. The zero-order valence-corrected chi connectivity index (χ0v) is 64.9. The summed E-state index contributed by atoms with van der Waals surface area (Å²) in [5.41, 5.74) is 0. The van der Waals surface area contributed by atoms with Gasteiger partial charge in [0.1, 0.15) is 19.3 Å². The van der Waals surface area contributed by atoms with Crippen molar-refractivity contribution in [1.29, 1.82) is 0 Å². The summed E-state index contributed by atoms with van der Waals surface area (Å²) in [6, 6.07) is 0. The molecule has 0 heterocycles. The van der Waals surface area contributed by atoms with Gasteiger partial charge in [-0.1, -0.05) is 285 Å². The van der Waals surface area contributed by atoms with Crippen molar-refractivity contribution in [3.8, 4) is 0 Å². The van der Waals surface area contributed by atoms with Crippen LogP contribution >= 0.6 is 15.6 Å². The van der Waals surface area contributed by atoms with E-state index in [2.05, 4.69) is 113 Å². The fourth-order valence-electron chi connectivity index (χ4n) is 10.5. The summed E-state index contributed by atoms with van der Waals surface area (Å²) in [4.78, 5) is 72.9. The van der Waals surface area contributed by atoms with Gasteiger partial charge in [-0.15, -0.1) is 0 Å². The lowest BCUT2D eigenvalue weighted by Gasteiger charge is -2.21. The molecule has 0 spiro atoms. The third-order valence-electron chi connectivity index (χ3n) is 16.5. The van der Waals surface area contributed by atoms with Gasteiger partial charge in [-0.05, 0) is 122 Å². The Kier molecular flexibility index (Phi) is 70.4. The minimum Gasteiger partial charge on any atom is -0.462 e. The van der Waals surface area contributed by atoms with Crippen molar-refractivity contribution in [2.75, 3.05) is 39.6 Å². The number of phosphoric ester groups is 2. The number of esters is 4. The molecule has 0 fully saturated rings. The Bertz CT molecular complexity index is 2270. The Labute approximate surface area is 607 Å². The van der Waals surface area contributed by atoms with Crippen LogP contribution in [-0.4, -0.2) is 96.7 Å². The molecule has 2 unspecified atom stereocenters. The Morgan fingerprint density at radius 2 is 0.530 bits per heavy atom. The number of carbonyl (C=O) groups excluding carboxylic acids is 4. The van der Waals surface area contributed by atoms with Crippen molar-refractivity contribution in [2.24, 2.45) is 0 Å². The van der Waals surface area contributed by atoms with Gasteiger partial charge in [0.2, 0.25) is 0 Å². The first-order valence-electron chi connectivity index (χ1n) is 39.5. The largest absolute Gasteiger partial charge is 0.472 e. The summed E-state index contributed by atoms with van der Waals surface area (Å²) >= 11 is 0. The van der Waals surface area contributed by atoms with Crippen LogP contribution in [-0.2, 0) is 65.4 Å². The molecule has 0 aromatic rings. The van der Waals surface area contributed by atoms with Gasteiger partial charge in [0.15, 0.2) is 12.2 Å². The van der Waals surface area contributed by atoms with Gasteiger partial charge in [-0.25, -0.2) is 9.13 Å². The number of phosphoric acid groups is 2. The summed E-state index contributed by atoms with van der Waals surface area (Å²) in [6.07, 6.45) is 76.8. The lowest BCUT2D eigenvalue weighted by atomic mass is 10.0. The predicted molar refractivity (Wildman–Crippen MR) is 409 cm³/mol. The molecule has 3 N–H and O–H groups in total. The van der Waals surface area contributed by atoms with Crippen molar-refractivity contribution < 1.29 is 80.2 Å². The highest BCUT2D eigenvalue weighted by Crippen LogP contribution is 2.45. The number of unbranched alkanes of at least 4 members (excludes halogenated alkanes) is 33. The first-order chi connectivity index (χ1) is 48.7. The maximum absolute atomic E-state index is 13.1. The lowest BCUT2D eigenvalue weighted by Crippen LogP contribution is -2.30. The predicted octanol–water partition coefficient (Wildman–Crippen LogP) is 22.8.